The number of rotatable bonds is 6. The van der Waals surface area contributed by atoms with Gasteiger partial charge in [0, 0.05) is 12.1 Å². The van der Waals surface area contributed by atoms with Gasteiger partial charge in [0.1, 0.15) is 0 Å². The van der Waals surface area contributed by atoms with E-state index in [4.69, 9.17) is 29.6 Å². The maximum atomic E-state index is 12.9. The zero-order chi connectivity index (χ0) is 16.2. The molecule has 0 fully saturated rings. The van der Waals surface area contributed by atoms with E-state index in [2.05, 4.69) is 0 Å². The van der Waals surface area contributed by atoms with Gasteiger partial charge in [-0.1, -0.05) is 49.8 Å². The van der Waals surface area contributed by atoms with Gasteiger partial charge in [-0.05, 0) is 37.5 Å². The lowest BCUT2D eigenvalue weighted by Gasteiger charge is -2.36. The Balaban J connectivity index is 3.08. The first-order valence-electron chi connectivity index (χ1n) is 7.12. The number of amides is 1. The highest BCUT2D eigenvalue weighted by Crippen LogP contribution is 2.33. The van der Waals surface area contributed by atoms with E-state index >= 15 is 0 Å². The quantitative estimate of drug-likeness (QED) is 0.805. The molecule has 1 unspecified atom stereocenters. The van der Waals surface area contributed by atoms with E-state index in [1.807, 2.05) is 45.0 Å². The standard InChI is InChI=1S/C16H23ClN2OS/c1-5-16(6-2,14(18)21)15(20)19(4)11(3)12-8-7-9-13(17)10-12/h7-11H,5-6H2,1-4H3,(H2,18,21). The van der Waals surface area contributed by atoms with Crippen molar-refractivity contribution in [3.05, 3.63) is 34.9 Å². The highest BCUT2D eigenvalue weighted by molar-refractivity contribution is 7.80. The zero-order valence-electron chi connectivity index (χ0n) is 13.0. The van der Waals surface area contributed by atoms with E-state index < -0.39 is 5.41 Å². The third kappa shape index (κ3) is 3.55. The van der Waals surface area contributed by atoms with Crippen LogP contribution < -0.4 is 5.73 Å². The monoisotopic (exact) mass is 326 g/mol. The van der Waals surface area contributed by atoms with Crippen molar-refractivity contribution in [2.75, 3.05) is 7.05 Å². The molecule has 0 aliphatic rings. The van der Waals surface area contributed by atoms with E-state index in [1.54, 1.807) is 11.9 Å². The van der Waals surface area contributed by atoms with Crippen LogP contribution >= 0.6 is 23.8 Å². The number of halogens is 1. The molecule has 1 atom stereocenters. The van der Waals surface area contributed by atoms with Crippen LogP contribution in [-0.2, 0) is 4.79 Å². The van der Waals surface area contributed by atoms with Gasteiger partial charge in [0.15, 0.2) is 0 Å². The second kappa shape index (κ2) is 7.23. The molecule has 5 heteroatoms. The minimum absolute atomic E-state index is 0.0347. The van der Waals surface area contributed by atoms with Gasteiger partial charge in [0.05, 0.1) is 16.4 Å². The first-order valence-corrected chi connectivity index (χ1v) is 7.91. The Kier molecular flexibility index (Phi) is 6.17. The minimum atomic E-state index is -0.767. The van der Waals surface area contributed by atoms with Crippen LogP contribution in [-0.4, -0.2) is 22.8 Å². The van der Waals surface area contributed by atoms with Crippen LogP contribution in [0.4, 0.5) is 0 Å². The van der Waals surface area contributed by atoms with E-state index in [9.17, 15) is 4.79 Å². The van der Waals surface area contributed by atoms with Gasteiger partial charge in [-0.25, -0.2) is 0 Å². The summed E-state index contributed by atoms with van der Waals surface area (Å²) in [5.41, 5.74) is 6.08. The van der Waals surface area contributed by atoms with Crippen LogP contribution in [0.1, 0.15) is 45.2 Å². The third-order valence-corrected chi connectivity index (χ3v) is 4.95. The second-order valence-corrected chi connectivity index (χ2v) is 6.18. The number of nitrogens with two attached hydrogens (primary N) is 1. The molecule has 0 saturated carbocycles. The van der Waals surface area contributed by atoms with Gasteiger partial charge in [-0.3, -0.25) is 4.79 Å². The van der Waals surface area contributed by atoms with Gasteiger partial charge in [0.2, 0.25) is 5.91 Å². The Hall–Kier alpha value is -1.13. The molecule has 0 heterocycles. The molecule has 0 aliphatic heterocycles. The zero-order valence-corrected chi connectivity index (χ0v) is 14.6. The highest BCUT2D eigenvalue weighted by Gasteiger charge is 2.41. The Morgan fingerprint density at radius 2 is 2.00 bits per heavy atom. The summed E-state index contributed by atoms with van der Waals surface area (Å²) in [7, 11) is 1.78. The number of thiocarbonyl (C=S) groups is 1. The van der Waals surface area contributed by atoms with E-state index in [0.717, 1.165) is 5.56 Å². The van der Waals surface area contributed by atoms with Gasteiger partial charge in [-0.15, -0.1) is 0 Å². The van der Waals surface area contributed by atoms with Crippen LogP contribution in [0.2, 0.25) is 5.02 Å². The van der Waals surface area contributed by atoms with Gasteiger partial charge >= 0.3 is 0 Å². The summed E-state index contributed by atoms with van der Waals surface area (Å²) in [5.74, 6) is -0.0347. The first kappa shape index (κ1) is 17.9. The number of carbonyl (C=O) groups excluding carboxylic acids is 1. The molecule has 1 aromatic rings. The van der Waals surface area contributed by atoms with Gasteiger partial charge < -0.3 is 10.6 Å². The number of hydrogen-bond donors (Lipinski definition) is 1. The fourth-order valence-electron chi connectivity index (χ4n) is 2.51. The smallest absolute Gasteiger partial charge is 0.235 e. The van der Waals surface area contributed by atoms with Crippen molar-refractivity contribution in [2.45, 2.75) is 39.7 Å². The van der Waals surface area contributed by atoms with Crippen molar-refractivity contribution in [2.24, 2.45) is 11.1 Å². The molecular weight excluding hydrogens is 304 g/mol. The molecule has 2 N–H and O–H groups in total. The van der Waals surface area contributed by atoms with E-state index in [-0.39, 0.29) is 16.9 Å². The van der Waals surface area contributed by atoms with Crippen molar-refractivity contribution in [1.29, 1.82) is 0 Å². The molecule has 0 saturated heterocycles. The van der Waals surface area contributed by atoms with Crippen LogP contribution in [0.15, 0.2) is 24.3 Å². The fraction of sp³-hybridized carbons (Fsp3) is 0.500. The second-order valence-electron chi connectivity index (χ2n) is 5.30. The molecule has 21 heavy (non-hydrogen) atoms. The molecule has 1 rings (SSSR count). The lowest BCUT2D eigenvalue weighted by atomic mass is 9.80. The summed E-state index contributed by atoms with van der Waals surface area (Å²) in [5, 5.41) is 0.659. The van der Waals surface area contributed by atoms with Crippen molar-refractivity contribution in [1.82, 2.24) is 4.90 Å². The normalized spacial score (nSPS) is 12.8. The van der Waals surface area contributed by atoms with Crippen LogP contribution in [0, 0.1) is 5.41 Å². The van der Waals surface area contributed by atoms with Crippen molar-refractivity contribution in [3.8, 4) is 0 Å². The summed E-state index contributed by atoms with van der Waals surface area (Å²) < 4.78 is 0. The summed E-state index contributed by atoms with van der Waals surface area (Å²) in [6.45, 7) is 5.86. The molecule has 0 radical (unpaired) electrons. The predicted octanol–water partition coefficient (Wildman–Crippen LogP) is 3.95. The Morgan fingerprint density at radius 3 is 2.43 bits per heavy atom. The van der Waals surface area contributed by atoms with Gasteiger partial charge in [-0.2, -0.15) is 0 Å². The van der Waals surface area contributed by atoms with E-state index in [1.165, 1.54) is 0 Å². The number of nitrogens with zero attached hydrogens (tertiary/aromatic N) is 1. The maximum Gasteiger partial charge on any atom is 0.235 e. The SMILES string of the molecule is CCC(CC)(C(=O)N(C)C(C)c1cccc(Cl)c1)C(N)=S. The van der Waals surface area contributed by atoms with Crippen molar-refractivity contribution < 1.29 is 4.79 Å². The largest absolute Gasteiger partial charge is 0.392 e. The molecule has 1 aromatic carbocycles. The predicted molar refractivity (Wildman–Crippen MR) is 92.4 cm³/mol. The molecule has 0 aromatic heterocycles. The first-order chi connectivity index (χ1) is 9.80. The summed E-state index contributed by atoms with van der Waals surface area (Å²) in [6.07, 6.45) is 1.20. The van der Waals surface area contributed by atoms with Gasteiger partial charge in [0.25, 0.3) is 0 Å². The maximum absolute atomic E-state index is 12.9. The van der Waals surface area contributed by atoms with E-state index in [0.29, 0.717) is 17.9 Å². The Morgan fingerprint density at radius 1 is 1.43 bits per heavy atom. The Labute approximate surface area is 137 Å². The molecule has 116 valence electrons. The summed E-state index contributed by atoms with van der Waals surface area (Å²) in [6, 6.07) is 7.43. The van der Waals surface area contributed by atoms with Crippen LogP contribution in [0.25, 0.3) is 0 Å². The topological polar surface area (TPSA) is 46.3 Å². The minimum Gasteiger partial charge on any atom is -0.392 e. The molecule has 1 amide bonds. The number of hydrogen-bond acceptors (Lipinski definition) is 2. The molecule has 0 aliphatic carbocycles. The average molecular weight is 327 g/mol. The number of benzene rings is 1. The highest BCUT2D eigenvalue weighted by atomic mass is 35.5. The molecule has 0 spiro atoms. The molecule has 3 nitrogen and oxygen atoms in total. The fourth-order valence-corrected chi connectivity index (χ4v) is 3.08. The molecule has 0 bridgehead atoms. The molecular formula is C16H23ClN2OS. The van der Waals surface area contributed by atoms with Crippen LogP contribution in [0.3, 0.4) is 0 Å². The van der Waals surface area contributed by atoms with Crippen molar-refractivity contribution >= 4 is 34.7 Å². The average Bonchev–Trinajstić information content (AvgIpc) is 2.47. The summed E-state index contributed by atoms with van der Waals surface area (Å²) >= 11 is 11.2. The lowest BCUT2D eigenvalue weighted by Crippen LogP contribution is -2.49. The van der Waals surface area contributed by atoms with Crippen molar-refractivity contribution in [3.63, 3.8) is 0 Å². The van der Waals surface area contributed by atoms with Crippen LogP contribution in [0.5, 0.6) is 0 Å². The Bertz CT molecular complexity index is 529. The summed E-state index contributed by atoms with van der Waals surface area (Å²) in [4.78, 5) is 14.9. The lowest BCUT2D eigenvalue weighted by molar-refractivity contribution is -0.139. The number of carbonyl (C=O) groups is 1. The third-order valence-electron chi connectivity index (χ3n) is 4.32.